The van der Waals surface area contributed by atoms with Gasteiger partial charge in [-0.2, -0.15) is 0 Å². The largest absolute Gasteiger partial charge is 0.316 e. The fraction of sp³-hybridized carbons (Fsp3) is 1.00. The molecule has 3 aliphatic rings. The molecule has 2 saturated carbocycles. The Balaban J connectivity index is 1.91. The van der Waals surface area contributed by atoms with Crippen molar-refractivity contribution in [2.75, 3.05) is 13.1 Å². The van der Waals surface area contributed by atoms with Gasteiger partial charge in [-0.25, -0.2) is 0 Å². The van der Waals surface area contributed by atoms with Gasteiger partial charge in [0.2, 0.25) is 0 Å². The van der Waals surface area contributed by atoms with Gasteiger partial charge in [0.15, 0.2) is 0 Å². The van der Waals surface area contributed by atoms with Crippen LogP contribution in [0.2, 0.25) is 0 Å². The first-order valence-corrected chi connectivity index (χ1v) is 7.29. The van der Waals surface area contributed by atoms with E-state index >= 15 is 0 Å². The van der Waals surface area contributed by atoms with E-state index in [2.05, 4.69) is 26.1 Å². The van der Waals surface area contributed by atoms with Crippen LogP contribution in [-0.2, 0) is 0 Å². The van der Waals surface area contributed by atoms with E-state index in [1.807, 2.05) is 0 Å². The molecule has 0 amide bonds. The average molecular weight is 221 g/mol. The van der Waals surface area contributed by atoms with Gasteiger partial charge in [0, 0.05) is 0 Å². The SMILES string of the molecule is CC1CCCC(C)(C)C2(C3CCNC3)CC12. The van der Waals surface area contributed by atoms with Gasteiger partial charge in [-0.05, 0) is 60.9 Å². The van der Waals surface area contributed by atoms with Crippen molar-refractivity contribution in [3.8, 4) is 0 Å². The molecule has 0 radical (unpaired) electrons. The molecule has 1 N–H and O–H groups in total. The molecule has 4 atom stereocenters. The summed E-state index contributed by atoms with van der Waals surface area (Å²) < 4.78 is 0. The summed E-state index contributed by atoms with van der Waals surface area (Å²) in [6.07, 6.45) is 7.38. The zero-order valence-corrected chi connectivity index (χ0v) is 11.2. The van der Waals surface area contributed by atoms with Crippen molar-refractivity contribution >= 4 is 0 Å². The molecule has 0 aromatic heterocycles. The summed E-state index contributed by atoms with van der Waals surface area (Å²) in [4.78, 5) is 0. The summed E-state index contributed by atoms with van der Waals surface area (Å²) in [6, 6.07) is 0. The minimum Gasteiger partial charge on any atom is -0.316 e. The molecule has 2 aliphatic carbocycles. The Kier molecular flexibility index (Phi) is 2.41. The summed E-state index contributed by atoms with van der Waals surface area (Å²) in [7, 11) is 0. The molecule has 3 fully saturated rings. The first-order valence-electron chi connectivity index (χ1n) is 7.29. The fourth-order valence-corrected chi connectivity index (χ4v) is 5.21. The summed E-state index contributed by atoms with van der Waals surface area (Å²) in [5.74, 6) is 3.02. The van der Waals surface area contributed by atoms with E-state index in [1.165, 1.54) is 45.2 Å². The predicted molar refractivity (Wildman–Crippen MR) is 68.3 cm³/mol. The first kappa shape index (κ1) is 11.1. The van der Waals surface area contributed by atoms with E-state index in [1.54, 1.807) is 0 Å². The van der Waals surface area contributed by atoms with E-state index in [0.29, 0.717) is 10.8 Å². The Bertz CT molecular complexity index is 277. The molecule has 0 spiro atoms. The maximum Gasteiger partial charge on any atom is -0.00144 e. The lowest BCUT2D eigenvalue weighted by atomic mass is 9.65. The van der Waals surface area contributed by atoms with Gasteiger partial charge < -0.3 is 5.32 Å². The lowest BCUT2D eigenvalue weighted by molar-refractivity contribution is 0.0937. The van der Waals surface area contributed by atoms with Crippen LogP contribution in [0.3, 0.4) is 0 Å². The highest BCUT2D eigenvalue weighted by Crippen LogP contribution is 2.73. The predicted octanol–water partition coefficient (Wildman–Crippen LogP) is 3.45. The van der Waals surface area contributed by atoms with Crippen LogP contribution in [0.25, 0.3) is 0 Å². The third-order valence-electron chi connectivity index (χ3n) is 6.26. The molecule has 1 heterocycles. The van der Waals surface area contributed by atoms with Gasteiger partial charge >= 0.3 is 0 Å². The second-order valence-corrected chi connectivity index (χ2v) is 7.29. The van der Waals surface area contributed by atoms with Crippen LogP contribution in [0.15, 0.2) is 0 Å². The molecule has 16 heavy (non-hydrogen) atoms. The third-order valence-corrected chi connectivity index (χ3v) is 6.26. The molecular formula is C15H27N. The van der Waals surface area contributed by atoms with Crippen molar-refractivity contribution in [2.24, 2.45) is 28.6 Å². The first-order chi connectivity index (χ1) is 7.58. The van der Waals surface area contributed by atoms with Gasteiger partial charge in [0.25, 0.3) is 0 Å². The third kappa shape index (κ3) is 1.33. The van der Waals surface area contributed by atoms with Gasteiger partial charge in [-0.3, -0.25) is 0 Å². The number of hydrogen-bond acceptors (Lipinski definition) is 1. The molecule has 0 bridgehead atoms. The van der Waals surface area contributed by atoms with Crippen LogP contribution in [0, 0.1) is 28.6 Å². The summed E-state index contributed by atoms with van der Waals surface area (Å²) >= 11 is 0. The highest BCUT2D eigenvalue weighted by atomic mass is 14.9. The molecule has 4 unspecified atom stereocenters. The number of fused-ring (bicyclic) bond motifs is 1. The maximum absolute atomic E-state index is 3.59. The van der Waals surface area contributed by atoms with Gasteiger partial charge in [0.05, 0.1) is 0 Å². The molecule has 1 aliphatic heterocycles. The Morgan fingerprint density at radius 2 is 2.00 bits per heavy atom. The number of rotatable bonds is 1. The molecular weight excluding hydrogens is 194 g/mol. The number of nitrogens with one attached hydrogen (secondary N) is 1. The van der Waals surface area contributed by atoms with E-state index in [9.17, 15) is 0 Å². The quantitative estimate of drug-likeness (QED) is 0.715. The van der Waals surface area contributed by atoms with Crippen molar-refractivity contribution in [1.82, 2.24) is 5.32 Å². The van der Waals surface area contributed by atoms with E-state index in [0.717, 1.165) is 17.8 Å². The van der Waals surface area contributed by atoms with Crippen molar-refractivity contribution in [1.29, 1.82) is 0 Å². The van der Waals surface area contributed by atoms with Crippen LogP contribution in [-0.4, -0.2) is 13.1 Å². The second-order valence-electron chi connectivity index (χ2n) is 7.29. The smallest absolute Gasteiger partial charge is 0.00144 e. The van der Waals surface area contributed by atoms with E-state index in [4.69, 9.17) is 0 Å². The molecule has 92 valence electrons. The lowest BCUT2D eigenvalue weighted by Gasteiger charge is -2.39. The van der Waals surface area contributed by atoms with Crippen molar-refractivity contribution in [3.63, 3.8) is 0 Å². The highest BCUT2D eigenvalue weighted by Gasteiger charge is 2.67. The van der Waals surface area contributed by atoms with Crippen LogP contribution in [0.1, 0.15) is 52.9 Å². The Labute approximate surface area is 100 Å². The summed E-state index contributed by atoms with van der Waals surface area (Å²) in [5, 5.41) is 3.59. The maximum atomic E-state index is 3.59. The van der Waals surface area contributed by atoms with Crippen LogP contribution >= 0.6 is 0 Å². The molecule has 3 rings (SSSR count). The Morgan fingerprint density at radius 1 is 1.19 bits per heavy atom. The standard InChI is InChI=1S/C15H27N/c1-11-5-4-7-14(2,3)15(9-13(11)15)12-6-8-16-10-12/h11-13,16H,4-10H2,1-3H3. The van der Waals surface area contributed by atoms with E-state index in [-0.39, 0.29) is 0 Å². The van der Waals surface area contributed by atoms with Crippen LogP contribution in [0.4, 0.5) is 0 Å². The van der Waals surface area contributed by atoms with Crippen molar-refractivity contribution < 1.29 is 0 Å². The Hall–Kier alpha value is -0.0400. The minimum absolute atomic E-state index is 0.596. The lowest BCUT2D eigenvalue weighted by Crippen LogP contribution is -2.35. The highest BCUT2D eigenvalue weighted by molar-refractivity contribution is 5.16. The summed E-state index contributed by atoms with van der Waals surface area (Å²) in [5.41, 5.74) is 1.31. The Morgan fingerprint density at radius 3 is 2.69 bits per heavy atom. The topological polar surface area (TPSA) is 12.0 Å². The zero-order valence-electron chi connectivity index (χ0n) is 11.2. The van der Waals surface area contributed by atoms with Crippen molar-refractivity contribution in [2.45, 2.75) is 52.9 Å². The molecule has 1 saturated heterocycles. The second kappa shape index (κ2) is 3.48. The number of hydrogen-bond donors (Lipinski definition) is 1. The average Bonchev–Trinajstić information content (AvgIpc) is 2.80. The zero-order chi connectivity index (χ0) is 11.4. The molecule has 1 heteroatoms. The monoisotopic (exact) mass is 221 g/mol. The van der Waals surface area contributed by atoms with Gasteiger partial charge in [-0.15, -0.1) is 0 Å². The summed E-state index contributed by atoms with van der Waals surface area (Å²) in [6.45, 7) is 10.2. The van der Waals surface area contributed by atoms with E-state index < -0.39 is 0 Å². The normalized spacial score (nSPS) is 50.8. The van der Waals surface area contributed by atoms with Crippen molar-refractivity contribution in [3.05, 3.63) is 0 Å². The van der Waals surface area contributed by atoms with Crippen LogP contribution in [0.5, 0.6) is 0 Å². The molecule has 0 aromatic carbocycles. The van der Waals surface area contributed by atoms with Gasteiger partial charge in [-0.1, -0.05) is 33.6 Å². The fourth-order valence-electron chi connectivity index (χ4n) is 5.21. The van der Waals surface area contributed by atoms with Gasteiger partial charge in [0.1, 0.15) is 0 Å². The van der Waals surface area contributed by atoms with Crippen LogP contribution < -0.4 is 5.32 Å². The minimum atomic E-state index is 0.596. The molecule has 0 aromatic rings. The molecule has 1 nitrogen and oxygen atoms in total.